The lowest BCUT2D eigenvalue weighted by atomic mass is 9.94. The number of rotatable bonds is 3. The monoisotopic (exact) mass is 244 g/mol. The highest BCUT2D eigenvalue weighted by atomic mass is 32.2. The average molecular weight is 244 g/mol. The third-order valence-corrected chi connectivity index (χ3v) is 5.02. The van der Waals surface area contributed by atoms with E-state index in [4.69, 9.17) is 0 Å². The Labute approximate surface area is 101 Å². The standard InChI is InChI=1S/C12H24N2OS/c1-11(9-16(2)15)14-8-7-13-12(10-14)5-3-4-6-12/h11,13H,3-10H2,1-2H3. The Kier molecular flexibility index (Phi) is 4.03. The summed E-state index contributed by atoms with van der Waals surface area (Å²) < 4.78 is 11.3. The average Bonchev–Trinajstić information content (AvgIpc) is 2.65. The SMILES string of the molecule is CC(CS(C)=O)N1CCNC2(CCCC2)C1. The van der Waals surface area contributed by atoms with Gasteiger partial charge in [0, 0.05) is 54.0 Å². The Morgan fingerprint density at radius 3 is 2.75 bits per heavy atom. The predicted molar refractivity (Wildman–Crippen MR) is 69.2 cm³/mol. The van der Waals surface area contributed by atoms with Crippen LogP contribution in [0, 0.1) is 0 Å². The first-order valence-electron chi connectivity index (χ1n) is 6.40. The maximum atomic E-state index is 11.3. The van der Waals surface area contributed by atoms with Gasteiger partial charge in [0.15, 0.2) is 0 Å². The third-order valence-electron chi connectivity index (χ3n) is 4.06. The summed E-state index contributed by atoms with van der Waals surface area (Å²) in [4.78, 5) is 2.53. The van der Waals surface area contributed by atoms with Crippen molar-refractivity contribution in [1.82, 2.24) is 10.2 Å². The minimum absolute atomic E-state index is 0.391. The zero-order valence-electron chi connectivity index (χ0n) is 10.5. The molecule has 1 saturated carbocycles. The van der Waals surface area contributed by atoms with E-state index in [0.717, 1.165) is 25.4 Å². The van der Waals surface area contributed by atoms with Crippen molar-refractivity contribution in [1.29, 1.82) is 0 Å². The fraction of sp³-hybridized carbons (Fsp3) is 1.00. The van der Waals surface area contributed by atoms with Crippen LogP contribution in [-0.2, 0) is 10.8 Å². The quantitative estimate of drug-likeness (QED) is 0.803. The minimum Gasteiger partial charge on any atom is -0.309 e. The summed E-state index contributed by atoms with van der Waals surface area (Å²) in [6, 6.07) is 0.463. The molecule has 2 aliphatic rings. The van der Waals surface area contributed by atoms with Crippen LogP contribution in [0.5, 0.6) is 0 Å². The summed E-state index contributed by atoms with van der Waals surface area (Å²) in [6.45, 7) is 5.58. The first kappa shape index (κ1) is 12.5. The zero-order valence-corrected chi connectivity index (χ0v) is 11.3. The maximum Gasteiger partial charge on any atom is 0.0385 e. The molecule has 4 heteroatoms. The van der Waals surface area contributed by atoms with E-state index < -0.39 is 10.8 Å². The fourth-order valence-electron chi connectivity index (χ4n) is 3.20. The van der Waals surface area contributed by atoms with Crippen LogP contribution in [0.3, 0.4) is 0 Å². The topological polar surface area (TPSA) is 32.3 Å². The van der Waals surface area contributed by atoms with Gasteiger partial charge >= 0.3 is 0 Å². The van der Waals surface area contributed by atoms with Crippen molar-refractivity contribution in [2.45, 2.75) is 44.2 Å². The molecule has 1 aliphatic heterocycles. The number of hydrogen-bond acceptors (Lipinski definition) is 3. The van der Waals surface area contributed by atoms with Crippen LogP contribution in [0.2, 0.25) is 0 Å². The second-order valence-corrected chi connectivity index (χ2v) is 6.95. The molecule has 2 rings (SSSR count). The van der Waals surface area contributed by atoms with Crippen molar-refractivity contribution in [2.24, 2.45) is 0 Å². The van der Waals surface area contributed by atoms with Crippen LogP contribution in [0.15, 0.2) is 0 Å². The Hall–Kier alpha value is 0.0700. The van der Waals surface area contributed by atoms with Crippen molar-refractivity contribution in [3.63, 3.8) is 0 Å². The number of hydrogen-bond donors (Lipinski definition) is 1. The molecule has 1 spiro atoms. The number of nitrogens with zero attached hydrogens (tertiary/aromatic N) is 1. The molecule has 3 nitrogen and oxygen atoms in total. The molecule has 1 saturated heterocycles. The Balaban J connectivity index is 1.93. The smallest absolute Gasteiger partial charge is 0.0385 e. The Morgan fingerprint density at radius 1 is 1.44 bits per heavy atom. The number of piperazine rings is 1. The Bertz CT molecular complexity index is 264. The highest BCUT2D eigenvalue weighted by Gasteiger charge is 2.38. The van der Waals surface area contributed by atoms with E-state index >= 15 is 0 Å². The number of nitrogens with one attached hydrogen (secondary N) is 1. The third kappa shape index (κ3) is 2.84. The highest BCUT2D eigenvalue weighted by Crippen LogP contribution is 2.32. The van der Waals surface area contributed by atoms with Gasteiger partial charge in [0.1, 0.15) is 0 Å². The van der Waals surface area contributed by atoms with E-state index in [1.54, 1.807) is 0 Å². The molecule has 1 aliphatic carbocycles. The van der Waals surface area contributed by atoms with Gasteiger partial charge in [-0.3, -0.25) is 9.11 Å². The van der Waals surface area contributed by atoms with Crippen molar-refractivity contribution in [2.75, 3.05) is 31.6 Å². The molecule has 0 aromatic carbocycles. The van der Waals surface area contributed by atoms with E-state index in [0.29, 0.717) is 11.6 Å². The van der Waals surface area contributed by atoms with Gasteiger partial charge in [0.25, 0.3) is 0 Å². The molecule has 94 valence electrons. The van der Waals surface area contributed by atoms with Crippen molar-refractivity contribution in [3.05, 3.63) is 0 Å². The molecular formula is C12H24N2OS. The minimum atomic E-state index is -0.672. The molecule has 1 heterocycles. The van der Waals surface area contributed by atoms with E-state index in [1.807, 2.05) is 6.26 Å². The lowest BCUT2D eigenvalue weighted by Crippen LogP contribution is -2.61. The molecule has 2 unspecified atom stereocenters. The molecule has 1 N–H and O–H groups in total. The maximum absolute atomic E-state index is 11.3. The normalized spacial score (nSPS) is 29.4. The fourth-order valence-corrected chi connectivity index (χ4v) is 4.09. The second-order valence-electron chi connectivity index (χ2n) is 5.47. The highest BCUT2D eigenvalue weighted by molar-refractivity contribution is 7.84. The first-order valence-corrected chi connectivity index (χ1v) is 8.13. The summed E-state index contributed by atoms with van der Waals surface area (Å²) in [5.74, 6) is 0.816. The van der Waals surface area contributed by atoms with Gasteiger partial charge in [0.2, 0.25) is 0 Å². The van der Waals surface area contributed by atoms with E-state index in [2.05, 4.69) is 17.1 Å². The predicted octanol–water partition coefficient (Wildman–Crippen LogP) is 0.971. The molecule has 0 bridgehead atoms. The summed E-state index contributed by atoms with van der Waals surface area (Å²) in [6.07, 6.45) is 7.20. The van der Waals surface area contributed by atoms with Crippen LogP contribution >= 0.6 is 0 Å². The van der Waals surface area contributed by atoms with Crippen LogP contribution in [0.4, 0.5) is 0 Å². The van der Waals surface area contributed by atoms with Gasteiger partial charge in [-0.05, 0) is 19.8 Å². The molecule has 16 heavy (non-hydrogen) atoms. The summed E-state index contributed by atoms with van der Waals surface area (Å²) in [5, 5.41) is 3.72. The molecular weight excluding hydrogens is 220 g/mol. The largest absolute Gasteiger partial charge is 0.309 e. The molecule has 2 atom stereocenters. The van der Waals surface area contributed by atoms with Gasteiger partial charge in [-0.1, -0.05) is 12.8 Å². The summed E-state index contributed by atoms with van der Waals surface area (Å²) in [5.41, 5.74) is 0.391. The Morgan fingerprint density at radius 2 is 2.12 bits per heavy atom. The molecule has 2 fully saturated rings. The lowest BCUT2D eigenvalue weighted by Gasteiger charge is -2.44. The van der Waals surface area contributed by atoms with Gasteiger partial charge in [0.05, 0.1) is 0 Å². The van der Waals surface area contributed by atoms with Crippen LogP contribution in [0.1, 0.15) is 32.6 Å². The van der Waals surface area contributed by atoms with E-state index in [9.17, 15) is 4.21 Å². The van der Waals surface area contributed by atoms with Crippen LogP contribution < -0.4 is 5.32 Å². The van der Waals surface area contributed by atoms with Gasteiger partial charge < -0.3 is 5.32 Å². The van der Waals surface area contributed by atoms with Crippen molar-refractivity contribution in [3.8, 4) is 0 Å². The van der Waals surface area contributed by atoms with Crippen LogP contribution in [0.25, 0.3) is 0 Å². The zero-order chi connectivity index (χ0) is 11.6. The summed E-state index contributed by atoms with van der Waals surface area (Å²) in [7, 11) is -0.672. The second kappa shape index (κ2) is 5.15. The first-order chi connectivity index (χ1) is 7.61. The van der Waals surface area contributed by atoms with E-state index in [-0.39, 0.29) is 0 Å². The van der Waals surface area contributed by atoms with Crippen molar-refractivity contribution < 1.29 is 4.21 Å². The van der Waals surface area contributed by atoms with E-state index in [1.165, 1.54) is 25.7 Å². The molecule has 0 aromatic heterocycles. The molecule has 0 aromatic rings. The lowest BCUT2D eigenvalue weighted by molar-refractivity contribution is 0.109. The van der Waals surface area contributed by atoms with Gasteiger partial charge in [-0.25, -0.2) is 0 Å². The van der Waals surface area contributed by atoms with Gasteiger partial charge in [-0.15, -0.1) is 0 Å². The molecule has 0 radical (unpaired) electrons. The van der Waals surface area contributed by atoms with Crippen molar-refractivity contribution >= 4 is 10.8 Å². The molecule has 0 amide bonds. The summed E-state index contributed by atoms with van der Waals surface area (Å²) >= 11 is 0. The van der Waals surface area contributed by atoms with Crippen LogP contribution in [-0.4, -0.2) is 52.3 Å². The van der Waals surface area contributed by atoms with Gasteiger partial charge in [-0.2, -0.15) is 0 Å².